The molecule has 5 nitrogen and oxygen atoms in total. The maximum atomic E-state index is 5.74. The molecule has 0 unspecified atom stereocenters. The van der Waals surface area contributed by atoms with E-state index >= 15 is 0 Å². The normalized spacial score (nSPS) is 13.7. The van der Waals surface area contributed by atoms with Crippen molar-refractivity contribution in [3.63, 3.8) is 0 Å². The molecule has 0 saturated heterocycles. The first-order valence-electron chi connectivity index (χ1n) is 8.16. The molecular weight excluding hydrogens is 320 g/mol. The van der Waals surface area contributed by atoms with Crippen LogP contribution in [0.2, 0.25) is 0 Å². The van der Waals surface area contributed by atoms with Crippen LogP contribution in [0.5, 0.6) is 0 Å². The number of hydrogen-bond donors (Lipinski definition) is 0. The van der Waals surface area contributed by atoms with Crippen LogP contribution in [-0.2, 0) is 18.6 Å². The van der Waals surface area contributed by atoms with E-state index in [1.54, 1.807) is 11.8 Å². The van der Waals surface area contributed by atoms with Crippen molar-refractivity contribution >= 4 is 11.8 Å². The van der Waals surface area contributed by atoms with Crippen LogP contribution < -0.4 is 0 Å². The molecule has 2 heterocycles. The first-order chi connectivity index (χ1) is 11.8. The summed E-state index contributed by atoms with van der Waals surface area (Å²) < 4.78 is 5.74. The third-order valence-electron chi connectivity index (χ3n) is 4.18. The molecule has 122 valence electrons. The van der Waals surface area contributed by atoms with E-state index < -0.39 is 0 Å². The zero-order valence-electron chi connectivity index (χ0n) is 13.5. The lowest BCUT2D eigenvalue weighted by atomic mass is 9.95. The number of aromatic nitrogens is 4. The molecule has 1 aliphatic rings. The van der Waals surface area contributed by atoms with Crippen molar-refractivity contribution in [3.05, 3.63) is 53.2 Å². The van der Waals surface area contributed by atoms with Gasteiger partial charge in [-0.15, -0.1) is 10.2 Å². The predicted octanol–water partition coefficient (Wildman–Crippen LogP) is 4.01. The van der Waals surface area contributed by atoms with Crippen LogP contribution in [0.15, 0.2) is 39.9 Å². The van der Waals surface area contributed by atoms with Gasteiger partial charge in [-0.2, -0.15) is 0 Å². The maximum absolute atomic E-state index is 5.74. The Morgan fingerprint density at radius 2 is 1.88 bits per heavy atom. The average molecular weight is 338 g/mol. The summed E-state index contributed by atoms with van der Waals surface area (Å²) in [6, 6.07) is 9.79. The molecule has 4 rings (SSSR count). The molecule has 3 aromatic rings. The van der Waals surface area contributed by atoms with Gasteiger partial charge in [0.15, 0.2) is 5.16 Å². The molecule has 0 amide bonds. The number of hydrogen-bond acceptors (Lipinski definition) is 6. The average Bonchev–Trinajstić information content (AvgIpc) is 3.10. The monoisotopic (exact) mass is 338 g/mol. The van der Waals surface area contributed by atoms with E-state index in [2.05, 4.69) is 22.1 Å². The Morgan fingerprint density at radius 1 is 1.04 bits per heavy atom. The fourth-order valence-electron chi connectivity index (χ4n) is 2.95. The van der Waals surface area contributed by atoms with Crippen LogP contribution in [0.4, 0.5) is 0 Å². The van der Waals surface area contributed by atoms with Gasteiger partial charge in [-0.1, -0.05) is 30.0 Å². The van der Waals surface area contributed by atoms with Crippen LogP contribution in [0.25, 0.3) is 11.5 Å². The summed E-state index contributed by atoms with van der Waals surface area (Å²) in [4.78, 5) is 9.34. The molecule has 0 spiro atoms. The van der Waals surface area contributed by atoms with Gasteiger partial charge in [0.05, 0.1) is 5.75 Å². The minimum Gasteiger partial charge on any atom is -0.420 e. The van der Waals surface area contributed by atoms with Gasteiger partial charge in [-0.3, -0.25) is 0 Å². The summed E-state index contributed by atoms with van der Waals surface area (Å²) in [7, 11) is 0. The van der Waals surface area contributed by atoms with Crippen LogP contribution in [-0.4, -0.2) is 20.2 Å². The van der Waals surface area contributed by atoms with Crippen molar-refractivity contribution in [1.29, 1.82) is 0 Å². The van der Waals surface area contributed by atoms with Crippen LogP contribution in [0, 0.1) is 6.92 Å². The Balaban J connectivity index is 1.48. The second-order valence-electron chi connectivity index (χ2n) is 5.88. The van der Waals surface area contributed by atoms with Crippen molar-refractivity contribution in [3.8, 4) is 11.5 Å². The minimum absolute atomic E-state index is 0.550. The Kier molecular flexibility index (Phi) is 4.30. The Hall–Kier alpha value is -2.21. The number of aryl methyl sites for hydroxylation is 2. The standard InChI is InChI=1S/C18H18N4OS/c1-12-14-9-5-6-10-15(14)20-18(19-12)24-11-16-21-22-17(23-16)13-7-3-2-4-8-13/h2-4,7-8H,5-6,9-11H2,1H3. The molecule has 6 heteroatoms. The topological polar surface area (TPSA) is 64.7 Å². The summed E-state index contributed by atoms with van der Waals surface area (Å²) >= 11 is 1.55. The van der Waals surface area contributed by atoms with Crippen LogP contribution >= 0.6 is 11.8 Å². The molecule has 0 bridgehead atoms. The first kappa shape index (κ1) is 15.3. The van der Waals surface area contributed by atoms with Crippen molar-refractivity contribution in [2.75, 3.05) is 0 Å². The highest BCUT2D eigenvalue weighted by Crippen LogP contribution is 2.27. The summed E-state index contributed by atoms with van der Waals surface area (Å²) in [5.74, 6) is 1.73. The van der Waals surface area contributed by atoms with Gasteiger partial charge in [0, 0.05) is 17.0 Å². The van der Waals surface area contributed by atoms with E-state index in [0.29, 0.717) is 17.5 Å². The van der Waals surface area contributed by atoms with Crippen molar-refractivity contribution < 1.29 is 4.42 Å². The van der Waals surface area contributed by atoms with Gasteiger partial charge >= 0.3 is 0 Å². The fourth-order valence-corrected chi connectivity index (χ4v) is 3.70. The van der Waals surface area contributed by atoms with Crippen molar-refractivity contribution in [2.45, 2.75) is 43.5 Å². The van der Waals surface area contributed by atoms with Crippen LogP contribution in [0.3, 0.4) is 0 Å². The van der Waals surface area contributed by atoms with E-state index in [9.17, 15) is 0 Å². The van der Waals surface area contributed by atoms with Gasteiger partial charge in [0.25, 0.3) is 0 Å². The SMILES string of the molecule is Cc1nc(SCc2nnc(-c3ccccc3)o2)nc2c1CCCC2. The first-order valence-corrected chi connectivity index (χ1v) is 9.15. The minimum atomic E-state index is 0.550. The highest BCUT2D eigenvalue weighted by atomic mass is 32.2. The molecular formula is C18H18N4OS. The largest absolute Gasteiger partial charge is 0.420 e. The maximum Gasteiger partial charge on any atom is 0.247 e. The number of thioether (sulfide) groups is 1. The quantitative estimate of drug-likeness (QED) is 0.529. The molecule has 24 heavy (non-hydrogen) atoms. The van der Waals surface area contributed by atoms with Gasteiger partial charge in [0.2, 0.25) is 11.8 Å². The third kappa shape index (κ3) is 3.19. The molecule has 0 radical (unpaired) electrons. The van der Waals surface area contributed by atoms with E-state index in [1.165, 1.54) is 24.1 Å². The smallest absolute Gasteiger partial charge is 0.247 e. The molecule has 0 N–H and O–H groups in total. The predicted molar refractivity (Wildman–Crippen MR) is 92.7 cm³/mol. The van der Waals surface area contributed by atoms with Crippen molar-refractivity contribution in [1.82, 2.24) is 20.2 Å². The molecule has 2 aromatic heterocycles. The van der Waals surface area contributed by atoms with Gasteiger partial charge in [0.1, 0.15) is 0 Å². The van der Waals surface area contributed by atoms with E-state index in [1.807, 2.05) is 30.3 Å². The fraction of sp³-hybridized carbons (Fsp3) is 0.333. The van der Waals surface area contributed by atoms with E-state index in [0.717, 1.165) is 29.3 Å². The summed E-state index contributed by atoms with van der Waals surface area (Å²) in [6.07, 6.45) is 4.63. The molecule has 1 aliphatic carbocycles. The van der Waals surface area contributed by atoms with Gasteiger partial charge in [-0.05, 0) is 50.3 Å². The van der Waals surface area contributed by atoms with Gasteiger partial charge in [-0.25, -0.2) is 9.97 Å². The summed E-state index contributed by atoms with van der Waals surface area (Å²) in [5.41, 5.74) is 4.60. The van der Waals surface area contributed by atoms with E-state index in [4.69, 9.17) is 9.40 Å². The van der Waals surface area contributed by atoms with Crippen molar-refractivity contribution in [2.24, 2.45) is 0 Å². The second kappa shape index (κ2) is 6.73. The highest BCUT2D eigenvalue weighted by molar-refractivity contribution is 7.98. The molecule has 1 aromatic carbocycles. The lowest BCUT2D eigenvalue weighted by Gasteiger charge is -2.17. The molecule has 0 aliphatic heterocycles. The summed E-state index contributed by atoms with van der Waals surface area (Å²) in [6.45, 7) is 2.08. The van der Waals surface area contributed by atoms with Gasteiger partial charge < -0.3 is 4.42 Å². The Bertz CT molecular complexity index is 847. The Labute approximate surface area is 144 Å². The molecule has 0 fully saturated rings. The zero-order valence-corrected chi connectivity index (χ0v) is 14.3. The lowest BCUT2D eigenvalue weighted by Crippen LogP contribution is -2.10. The number of fused-ring (bicyclic) bond motifs is 1. The summed E-state index contributed by atoms with van der Waals surface area (Å²) in [5, 5.41) is 9.04. The highest BCUT2D eigenvalue weighted by Gasteiger charge is 2.16. The third-order valence-corrected chi connectivity index (χ3v) is 5.01. The zero-order chi connectivity index (χ0) is 16.4. The number of nitrogens with zero attached hydrogens (tertiary/aromatic N) is 4. The van der Waals surface area contributed by atoms with E-state index in [-0.39, 0.29) is 0 Å². The number of benzene rings is 1. The Morgan fingerprint density at radius 3 is 2.75 bits per heavy atom. The second-order valence-corrected chi connectivity index (χ2v) is 6.82. The van der Waals surface area contributed by atoms with Crippen LogP contribution in [0.1, 0.15) is 35.7 Å². The number of rotatable bonds is 4. The molecule has 0 saturated carbocycles. The lowest BCUT2D eigenvalue weighted by molar-refractivity contribution is 0.528. The molecule has 0 atom stereocenters.